The van der Waals surface area contributed by atoms with Crippen LogP contribution in [0.1, 0.15) is 24.0 Å². The van der Waals surface area contributed by atoms with Gasteiger partial charge >= 0.3 is 0 Å². The minimum Gasteiger partial charge on any atom is -0.351 e. The van der Waals surface area contributed by atoms with E-state index >= 15 is 0 Å². The number of carbonyl (C=O) groups is 2. The van der Waals surface area contributed by atoms with Gasteiger partial charge in [-0.2, -0.15) is 0 Å². The SMILES string of the molecule is O=C(CN1CCC2(CC1)N=C(c1cccc(F)c1)C(=O)N2)NCc1ccccc1Cl. The Morgan fingerprint density at radius 1 is 1.20 bits per heavy atom. The van der Waals surface area contributed by atoms with E-state index in [0.29, 0.717) is 43.1 Å². The topological polar surface area (TPSA) is 73.8 Å². The minimum atomic E-state index is -0.677. The fraction of sp³-hybridized carbons (Fsp3) is 0.318. The molecule has 0 unspecified atom stereocenters. The number of likely N-dealkylation sites (tertiary alicyclic amines) is 1. The molecule has 156 valence electrons. The Hall–Kier alpha value is -2.77. The second-order valence-corrected chi connectivity index (χ2v) is 8.01. The van der Waals surface area contributed by atoms with Gasteiger partial charge in [-0.05, 0) is 23.8 Å². The number of halogens is 2. The number of nitrogens with zero attached hydrogens (tertiary/aromatic N) is 2. The summed E-state index contributed by atoms with van der Waals surface area (Å²) >= 11 is 6.12. The molecule has 4 rings (SSSR count). The number of hydrogen-bond donors (Lipinski definition) is 2. The van der Waals surface area contributed by atoms with E-state index in [1.54, 1.807) is 18.2 Å². The van der Waals surface area contributed by atoms with E-state index in [2.05, 4.69) is 15.6 Å². The van der Waals surface area contributed by atoms with Crippen molar-refractivity contribution >= 4 is 29.1 Å². The standard InChI is InChI=1S/C22H22ClFN4O2/c23-18-7-2-1-4-16(18)13-25-19(29)14-28-10-8-22(9-11-28)26-20(21(30)27-22)15-5-3-6-17(24)12-15/h1-7,12H,8-11,13-14H2,(H,25,29)(H,27,30). The Bertz CT molecular complexity index is 1000. The van der Waals surface area contributed by atoms with Crippen LogP contribution < -0.4 is 10.6 Å². The van der Waals surface area contributed by atoms with Gasteiger partial charge in [0.2, 0.25) is 5.91 Å². The van der Waals surface area contributed by atoms with Crippen LogP contribution in [0, 0.1) is 5.82 Å². The van der Waals surface area contributed by atoms with Crippen LogP contribution in [0.15, 0.2) is 53.5 Å². The van der Waals surface area contributed by atoms with Crippen molar-refractivity contribution in [1.82, 2.24) is 15.5 Å². The smallest absolute Gasteiger partial charge is 0.272 e. The lowest BCUT2D eigenvalue weighted by molar-refractivity contribution is -0.123. The van der Waals surface area contributed by atoms with E-state index in [0.717, 1.165) is 5.56 Å². The maximum Gasteiger partial charge on any atom is 0.272 e. The van der Waals surface area contributed by atoms with E-state index in [9.17, 15) is 14.0 Å². The van der Waals surface area contributed by atoms with Crippen LogP contribution in [0.4, 0.5) is 4.39 Å². The van der Waals surface area contributed by atoms with Gasteiger partial charge in [0.05, 0.1) is 6.54 Å². The predicted octanol–water partition coefficient (Wildman–Crippen LogP) is 2.51. The van der Waals surface area contributed by atoms with Crippen LogP contribution in [-0.4, -0.2) is 47.7 Å². The lowest BCUT2D eigenvalue weighted by Gasteiger charge is -2.36. The molecule has 2 aromatic carbocycles. The van der Waals surface area contributed by atoms with E-state index in [-0.39, 0.29) is 24.1 Å². The molecule has 0 saturated carbocycles. The molecule has 0 bridgehead atoms. The molecular weight excluding hydrogens is 407 g/mol. The second kappa shape index (κ2) is 8.53. The van der Waals surface area contributed by atoms with Crippen LogP contribution in [0.3, 0.4) is 0 Å². The molecule has 2 N–H and O–H groups in total. The summed E-state index contributed by atoms with van der Waals surface area (Å²) in [5.41, 5.74) is 0.938. The zero-order valence-electron chi connectivity index (χ0n) is 16.3. The molecule has 2 aromatic rings. The highest BCUT2D eigenvalue weighted by atomic mass is 35.5. The highest BCUT2D eigenvalue weighted by Gasteiger charge is 2.42. The third-order valence-corrected chi connectivity index (χ3v) is 5.84. The van der Waals surface area contributed by atoms with Gasteiger partial charge in [-0.15, -0.1) is 0 Å². The van der Waals surface area contributed by atoms with Gasteiger partial charge in [0.15, 0.2) is 0 Å². The van der Waals surface area contributed by atoms with Crippen molar-refractivity contribution in [3.05, 3.63) is 70.5 Å². The molecular formula is C22H22ClFN4O2. The van der Waals surface area contributed by atoms with Crippen LogP contribution in [0.5, 0.6) is 0 Å². The van der Waals surface area contributed by atoms with Crippen molar-refractivity contribution in [3.8, 4) is 0 Å². The Labute approximate surface area is 179 Å². The average molecular weight is 429 g/mol. The van der Waals surface area contributed by atoms with Crippen LogP contribution in [-0.2, 0) is 16.1 Å². The molecule has 8 heteroatoms. The third kappa shape index (κ3) is 4.52. The highest BCUT2D eigenvalue weighted by Crippen LogP contribution is 2.28. The van der Waals surface area contributed by atoms with Crippen LogP contribution >= 0.6 is 11.6 Å². The summed E-state index contributed by atoms with van der Waals surface area (Å²) in [7, 11) is 0. The number of benzene rings is 2. The first kappa shape index (κ1) is 20.5. The third-order valence-electron chi connectivity index (χ3n) is 5.47. The predicted molar refractivity (Wildman–Crippen MR) is 113 cm³/mol. The first-order valence-electron chi connectivity index (χ1n) is 9.85. The number of amides is 2. The quantitative estimate of drug-likeness (QED) is 0.768. The Morgan fingerprint density at radius 3 is 2.70 bits per heavy atom. The normalized spacial score (nSPS) is 18.2. The molecule has 2 amide bonds. The zero-order chi connectivity index (χ0) is 21.1. The molecule has 2 aliphatic rings. The van der Waals surface area contributed by atoms with Gasteiger partial charge < -0.3 is 10.6 Å². The first-order valence-corrected chi connectivity index (χ1v) is 10.2. The van der Waals surface area contributed by atoms with Gasteiger partial charge in [0, 0.05) is 43.1 Å². The summed E-state index contributed by atoms with van der Waals surface area (Å²) in [5, 5.41) is 6.47. The number of hydrogen-bond acceptors (Lipinski definition) is 4. The monoisotopic (exact) mass is 428 g/mol. The number of piperidine rings is 1. The average Bonchev–Trinajstić information content (AvgIpc) is 3.05. The number of rotatable bonds is 5. The van der Waals surface area contributed by atoms with Gasteiger partial charge in [-0.1, -0.05) is 41.9 Å². The molecule has 2 aliphatic heterocycles. The fourth-order valence-corrected chi connectivity index (χ4v) is 4.01. The van der Waals surface area contributed by atoms with Gasteiger partial charge in [-0.25, -0.2) is 4.39 Å². The summed E-state index contributed by atoms with van der Waals surface area (Å²) < 4.78 is 13.5. The molecule has 0 aliphatic carbocycles. The maximum atomic E-state index is 13.5. The Kier molecular flexibility index (Phi) is 5.83. The van der Waals surface area contributed by atoms with Gasteiger partial charge in [0.1, 0.15) is 17.2 Å². The Morgan fingerprint density at radius 2 is 1.97 bits per heavy atom. The van der Waals surface area contributed by atoms with Crippen LogP contribution in [0.25, 0.3) is 0 Å². The minimum absolute atomic E-state index is 0.0784. The molecule has 0 atom stereocenters. The lowest BCUT2D eigenvalue weighted by atomic mass is 9.98. The maximum absolute atomic E-state index is 13.5. The summed E-state index contributed by atoms with van der Waals surface area (Å²) in [6.07, 6.45) is 1.19. The molecule has 6 nitrogen and oxygen atoms in total. The molecule has 1 spiro atoms. The summed E-state index contributed by atoms with van der Waals surface area (Å²) in [6.45, 7) is 1.90. The Balaban J connectivity index is 1.32. The highest BCUT2D eigenvalue weighted by molar-refractivity contribution is 6.46. The summed E-state index contributed by atoms with van der Waals surface area (Å²) in [4.78, 5) is 31.4. The fourth-order valence-electron chi connectivity index (χ4n) is 3.81. The van der Waals surface area contributed by atoms with Crippen LogP contribution in [0.2, 0.25) is 5.02 Å². The summed E-state index contributed by atoms with van der Waals surface area (Å²) in [5.74, 6) is -0.765. The van der Waals surface area contributed by atoms with E-state index in [1.165, 1.54) is 12.1 Å². The number of aliphatic imine (C=N–C) groups is 1. The van der Waals surface area contributed by atoms with Gasteiger partial charge in [0.25, 0.3) is 5.91 Å². The van der Waals surface area contributed by atoms with Crippen molar-refractivity contribution in [1.29, 1.82) is 0 Å². The van der Waals surface area contributed by atoms with Crippen molar-refractivity contribution in [2.24, 2.45) is 4.99 Å². The van der Waals surface area contributed by atoms with E-state index in [1.807, 2.05) is 23.1 Å². The number of nitrogens with one attached hydrogen (secondary N) is 2. The number of carbonyl (C=O) groups excluding carboxylic acids is 2. The van der Waals surface area contributed by atoms with Crippen molar-refractivity contribution in [2.75, 3.05) is 19.6 Å². The zero-order valence-corrected chi connectivity index (χ0v) is 17.1. The van der Waals surface area contributed by atoms with Crippen molar-refractivity contribution in [3.63, 3.8) is 0 Å². The molecule has 2 heterocycles. The molecule has 1 saturated heterocycles. The first-order chi connectivity index (χ1) is 14.4. The van der Waals surface area contributed by atoms with E-state index in [4.69, 9.17) is 11.6 Å². The molecule has 0 aromatic heterocycles. The molecule has 1 fully saturated rings. The van der Waals surface area contributed by atoms with Crippen molar-refractivity contribution < 1.29 is 14.0 Å². The van der Waals surface area contributed by atoms with E-state index < -0.39 is 11.5 Å². The largest absolute Gasteiger partial charge is 0.351 e. The molecule has 30 heavy (non-hydrogen) atoms. The van der Waals surface area contributed by atoms with Gasteiger partial charge in [-0.3, -0.25) is 19.5 Å². The molecule has 0 radical (unpaired) electrons. The van der Waals surface area contributed by atoms with Crippen molar-refractivity contribution in [2.45, 2.75) is 25.0 Å². The summed E-state index contributed by atoms with van der Waals surface area (Å²) in [6, 6.07) is 13.3. The lowest BCUT2D eigenvalue weighted by Crippen LogP contribution is -2.52. The second-order valence-electron chi connectivity index (χ2n) is 7.60.